The van der Waals surface area contributed by atoms with Crippen LogP contribution < -0.4 is 10.1 Å². The molecule has 4 aliphatic carbocycles. The van der Waals surface area contributed by atoms with Gasteiger partial charge in [0.15, 0.2) is 5.69 Å². The lowest BCUT2D eigenvalue weighted by Crippen LogP contribution is -2.60. The third-order valence-electron chi connectivity index (χ3n) is 7.54. The highest BCUT2D eigenvalue weighted by Gasteiger charge is 2.51. The number of carbonyl (C=O) groups excluding carboxylic acids is 1. The quantitative estimate of drug-likeness (QED) is 0.785. The Balaban J connectivity index is 1.33. The van der Waals surface area contributed by atoms with E-state index in [0.717, 1.165) is 53.9 Å². The number of hydrogen-bond acceptors (Lipinski definition) is 4. The van der Waals surface area contributed by atoms with Crippen molar-refractivity contribution in [3.63, 3.8) is 0 Å². The number of hydrogen-bond donors (Lipinski definition) is 1. The highest BCUT2D eigenvalue weighted by molar-refractivity contribution is 5.94. The first-order chi connectivity index (χ1) is 13.9. The Labute approximate surface area is 172 Å². The van der Waals surface area contributed by atoms with Crippen molar-refractivity contribution in [2.24, 2.45) is 17.8 Å². The van der Waals surface area contributed by atoms with Crippen molar-refractivity contribution in [1.82, 2.24) is 10.5 Å². The van der Waals surface area contributed by atoms with Crippen molar-refractivity contribution < 1.29 is 14.1 Å². The maximum absolute atomic E-state index is 13.2. The number of amides is 1. The number of benzene rings is 1. The van der Waals surface area contributed by atoms with E-state index < -0.39 is 0 Å². The Hall–Kier alpha value is -2.30. The number of nitrogens with one attached hydrogen (secondary N) is 1. The van der Waals surface area contributed by atoms with E-state index in [1.165, 1.54) is 24.8 Å². The molecule has 2 aromatic rings. The van der Waals surface area contributed by atoms with Gasteiger partial charge in [-0.1, -0.05) is 17.3 Å². The second kappa shape index (κ2) is 6.89. The summed E-state index contributed by atoms with van der Waals surface area (Å²) in [5, 5.41) is 7.50. The number of ether oxygens (including phenoxy) is 1. The largest absolute Gasteiger partial charge is 0.488 e. The number of rotatable bonds is 5. The molecular formula is C24H30N2O3. The van der Waals surface area contributed by atoms with Gasteiger partial charge < -0.3 is 14.6 Å². The van der Waals surface area contributed by atoms with Crippen molar-refractivity contribution in [3.8, 4) is 5.75 Å². The SMILES string of the molecule is Cc1cccc(OCc2c(C(=O)NC34CC5CC(CC(C5)C3)C4)noc2C)c1C. The van der Waals surface area contributed by atoms with Gasteiger partial charge in [-0.2, -0.15) is 0 Å². The second-order valence-corrected chi connectivity index (χ2v) is 9.70. The van der Waals surface area contributed by atoms with Gasteiger partial charge in [0, 0.05) is 5.54 Å². The van der Waals surface area contributed by atoms with Crippen LogP contribution in [0.3, 0.4) is 0 Å². The van der Waals surface area contributed by atoms with E-state index in [9.17, 15) is 4.79 Å². The zero-order valence-corrected chi connectivity index (χ0v) is 17.6. The van der Waals surface area contributed by atoms with Gasteiger partial charge in [0.2, 0.25) is 0 Å². The molecule has 0 atom stereocenters. The van der Waals surface area contributed by atoms with E-state index >= 15 is 0 Å². The van der Waals surface area contributed by atoms with E-state index in [0.29, 0.717) is 11.5 Å². The molecule has 6 rings (SSSR count). The molecule has 154 valence electrons. The van der Waals surface area contributed by atoms with Crippen molar-refractivity contribution in [1.29, 1.82) is 0 Å². The van der Waals surface area contributed by atoms with Gasteiger partial charge in [-0.05, 0) is 94.2 Å². The number of nitrogens with zero attached hydrogens (tertiary/aromatic N) is 1. The smallest absolute Gasteiger partial charge is 0.274 e. The van der Waals surface area contributed by atoms with Crippen LogP contribution >= 0.6 is 0 Å². The Bertz CT molecular complexity index is 910. The molecule has 0 spiro atoms. The highest BCUT2D eigenvalue weighted by Crippen LogP contribution is 2.55. The second-order valence-electron chi connectivity index (χ2n) is 9.70. The summed E-state index contributed by atoms with van der Waals surface area (Å²) in [5.74, 6) is 3.72. The Morgan fingerprint density at radius 1 is 1.14 bits per heavy atom. The normalized spacial score (nSPS) is 29.8. The van der Waals surface area contributed by atoms with Crippen molar-refractivity contribution >= 4 is 5.91 Å². The summed E-state index contributed by atoms with van der Waals surface area (Å²) in [6, 6.07) is 6.01. The first kappa shape index (κ1) is 18.7. The average Bonchev–Trinajstić information content (AvgIpc) is 3.02. The fraction of sp³-hybridized carbons (Fsp3) is 0.583. The van der Waals surface area contributed by atoms with Crippen molar-refractivity contribution in [2.75, 3.05) is 0 Å². The monoisotopic (exact) mass is 394 g/mol. The van der Waals surface area contributed by atoms with Crippen molar-refractivity contribution in [2.45, 2.75) is 71.4 Å². The molecule has 0 unspecified atom stereocenters. The minimum atomic E-state index is -0.108. The molecule has 1 N–H and O–H groups in total. The minimum absolute atomic E-state index is 0.0378. The molecule has 0 radical (unpaired) electrons. The Kier molecular flexibility index (Phi) is 4.45. The van der Waals surface area contributed by atoms with E-state index in [-0.39, 0.29) is 18.1 Å². The molecule has 1 heterocycles. The lowest BCUT2D eigenvalue weighted by Gasteiger charge is -2.56. The lowest BCUT2D eigenvalue weighted by molar-refractivity contribution is -0.0168. The predicted molar refractivity (Wildman–Crippen MR) is 110 cm³/mol. The molecule has 0 saturated heterocycles. The lowest BCUT2D eigenvalue weighted by atomic mass is 9.53. The van der Waals surface area contributed by atoms with Gasteiger partial charge in [0.25, 0.3) is 5.91 Å². The Morgan fingerprint density at radius 3 is 2.45 bits per heavy atom. The van der Waals surface area contributed by atoms with Crippen LogP contribution in [-0.2, 0) is 6.61 Å². The van der Waals surface area contributed by atoms with Gasteiger partial charge in [0.1, 0.15) is 18.1 Å². The van der Waals surface area contributed by atoms with Crippen LogP contribution in [-0.4, -0.2) is 16.6 Å². The van der Waals surface area contributed by atoms with Gasteiger partial charge in [-0.15, -0.1) is 0 Å². The average molecular weight is 395 g/mol. The summed E-state index contributed by atoms with van der Waals surface area (Å²) in [4.78, 5) is 13.2. The first-order valence-electron chi connectivity index (χ1n) is 10.9. The van der Waals surface area contributed by atoms with E-state index in [1.807, 2.05) is 26.0 Å². The maximum Gasteiger partial charge on any atom is 0.274 e. The fourth-order valence-electron chi connectivity index (χ4n) is 6.33. The zero-order valence-electron chi connectivity index (χ0n) is 17.6. The van der Waals surface area contributed by atoms with Gasteiger partial charge >= 0.3 is 0 Å². The van der Waals surface area contributed by atoms with Crippen LogP contribution in [0.4, 0.5) is 0 Å². The van der Waals surface area contributed by atoms with Crippen molar-refractivity contribution in [3.05, 3.63) is 46.3 Å². The highest BCUT2D eigenvalue weighted by atomic mass is 16.5. The number of aromatic nitrogens is 1. The molecule has 4 saturated carbocycles. The molecule has 0 aliphatic heterocycles. The van der Waals surface area contributed by atoms with E-state index in [2.05, 4.69) is 23.5 Å². The number of carbonyl (C=O) groups is 1. The summed E-state index contributed by atoms with van der Waals surface area (Å²) < 4.78 is 11.4. The molecule has 4 bridgehead atoms. The van der Waals surface area contributed by atoms with Gasteiger partial charge in [0.05, 0.1) is 5.56 Å². The van der Waals surface area contributed by atoms with Crippen LogP contribution in [0.15, 0.2) is 22.7 Å². The Morgan fingerprint density at radius 2 is 1.79 bits per heavy atom. The van der Waals surface area contributed by atoms with Crippen LogP contribution in [0.2, 0.25) is 0 Å². The molecule has 1 aromatic heterocycles. The summed E-state index contributed by atoms with van der Waals surface area (Å²) in [5.41, 5.74) is 3.38. The fourth-order valence-corrected chi connectivity index (χ4v) is 6.33. The predicted octanol–water partition coefficient (Wildman–Crippen LogP) is 4.88. The summed E-state index contributed by atoms with van der Waals surface area (Å²) in [6.45, 7) is 6.24. The molecular weight excluding hydrogens is 364 g/mol. The third-order valence-corrected chi connectivity index (χ3v) is 7.54. The number of aryl methyl sites for hydroxylation is 2. The minimum Gasteiger partial charge on any atom is -0.488 e. The molecule has 5 heteroatoms. The summed E-state index contributed by atoms with van der Waals surface area (Å²) in [6.07, 6.45) is 7.43. The van der Waals surface area contributed by atoms with Crippen LogP contribution in [0.1, 0.15) is 71.5 Å². The molecule has 4 aliphatic rings. The molecule has 5 nitrogen and oxygen atoms in total. The first-order valence-corrected chi connectivity index (χ1v) is 10.9. The van der Waals surface area contributed by atoms with Crippen LogP contribution in [0.5, 0.6) is 5.75 Å². The standard InChI is InChI=1S/C24H30N2O3/c1-14-5-4-6-21(15(14)2)28-13-20-16(3)29-26-22(20)23(27)25-24-10-17-7-18(11-24)9-19(8-17)12-24/h4-6,17-19H,7-13H2,1-3H3,(H,25,27). The molecule has 1 aromatic carbocycles. The summed E-state index contributed by atoms with van der Waals surface area (Å²) >= 11 is 0. The maximum atomic E-state index is 13.2. The van der Waals surface area contributed by atoms with Gasteiger partial charge in [-0.3, -0.25) is 4.79 Å². The van der Waals surface area contributed by atoms with Gasteiger partial charge in [-0.25, -0.2) is 0 Å². The topological polar surface area (TPSA) is 64.4 Å². The van der Waals surface area contributed by atoms with Crippen LogP contribution in [0, 0.1) is 38.5 Å². The molecule has 29 heavy (non-hydrogen) atoms. The molecule has 1 amide bonds. The third kappa shape index (κ3) is 3.34. The summed E-state index contributed by atoms with van der Waals surface area (Å²) in [7, 11) is 0. The molecule has 4 fully saturated rings. The van der Waals surface area contributed by atoms with Crippen LogP contribution in [0.25, 0.3) is 0 Å². The van der Waals surface area contributed by atoms with E-state index in [1.54, 1.807) is 0 Å². The zero-order chi connectivity index (χ0) is 20.2. The van der Waals surface area contributed by atoms with E-state index in [4.69, 9.17) is 9.26 Å².